The highest BCUT2D eigenvalue weighted by Gasteiger charge is 2.12. The minimum Gasteiger partial charge on any atom is -0.357 e. The van der Waals surface area contributed by atoms with E-state index in [1.165, 1.54) is 0 Å². The van der Waals surface area contributed by atoms with E-state index < -0.39 is 0 Å². The average Bonchev–Trinajstić information content (AvgIpc) is 2.42. The first-order valence-corrected chi connectivity index (χ1v) is 8.27. The van der Waals surface area contributed by atoms with Crippen LogP contribution in [0.1, 0.15) is 41.0 Å². The van der Waals surface area contributed by atoms with Crippen LogP contribution in [-0.2, 0) is 4.79 Å². The summed E-state index contributed by atoms with van der Waals surface area (Å²) >= 11 is 0. The SMILES string of the molecule is CCNC(=NCC(=O)N(C)C)NCCCN(C(C)C)C(C)C. The third-order valence-corrected chi connectivity index (χ3v) is 3.43. The lowest BCUT2D eigenvalue weighted by molar-refractivity contribution is -0.127. The third kappa shape index (κ3) is 8.87. The van der Waals surface area contributed by atoms with Crippen molar-refractivity contribution in [3.05, 3.63) is 0 Å². The van der Waals surface area contributed by atoms with Crippen LogP contribution in [0.2, 0.25) is 0 Å². The predicted octanol–water partition coefficient (Wildman–Crippen LogP) is 1.14. The maximum absolute atomic E-state index is 11.6. The lowest BCUT2D eigenvalue weighted by Gasteiger charge is -2.30. The molecule has 22 heavy (non-hydrogen) atoms. The van der Waals surface area contributed by atoms with Gasteiger partial charge in [-0.1, -0.05) is 0 Å². The molecule has 0 rings (SSSR count). The Morgan fingerprint density at radius 3 is 2.14 bits per heavy atom. The zero-order valence-corrected chi connectivity index (χ0v) is 15.4. The normalized spacial score (nSPS) is 12.2. The molecule has 0 saturated heterocycles. The second-order valence-electron chi connectivity index (χ2n) is 6.19. The number of hydrogen-bond donors (Lipinski definition) is 2. The fourth-order valence-corrected chi connectivity index (χ4v) is 2.21. The van der Waals surface area contributed by atoms with Crippen LogP contribution in [0.25, 0.3) is 0 Å². The molecule has 0 aromatic rings. The van der Waals surface area contributed by atoms with Gasteiger partial charge >= 0.3 is 0 Å². The van der Waals surface area contributed by atoms with Crippen molar-refractivity contribution in [2.75, 3.05) is 40.3 Å². The maximum atomic E-state index is 11.6. The molecule has 0 heterocycles. The molecule has 0 saturated carbocycles. The zero-order valence-electron chi connectivity index (χ0n) is 15.4. The van der Waals surface area contributed by atoms with E-state index >= 15 is 0 Å². The van der Waals surface area contributed by atoms with Gasteiger partial charge in [-0.2, -0.15) is 0 Å². The fourth-order valence-electron chi connectivity index (χ4n) is 2.21. The molecule has 6 heteroatoms. The first-order valence-electron chi connectivity index (χ1n) is 8.27. The summed E-state index contributed by atoms with van der Waals surface area (Å²) in [6, 6.07) is 1.11. The molecule has 0 aromatic heterocycles. The van der Waals surface area contributed by atoms with E-state index in [4.69, 9.17) is 0 Å². The first-order chi connectivity index (χ1) is 10.3. The van der Waals surface area contributed by atoms with Crippen LogP contribution in [0.3, 0.4) is 0 Å². The molecule has 0 spiro atoms. The molecule has 0 fully saturated rings. The van der Waals surface area contributed by atoms with Crippen molar-refractivity contribution < 1.29 is 4.79 Å². The molecule has 1 amide bonds. The van der Waals surface area contributed by atoms with Crippen LogP contribution in [0.5, 0.6) is 0 Å². The van der Waals surface area contributed by atoms with Gasteiger partial charge in [0.1, 0.15) is 6.54 Å². The standard InChI is InChI=1S/C16H35N5O/c1-8-17-16(19-12-15(22)20(6)7)18-10-9-11-21(13(2)3)14(4)5/h13-14H,8-12H2,1-7H3,(H2,17,18,19). The zero-order chi connectivity index (χ0) is 17.1. The molecule has 130 valence electrons. The van der Waals surface area contributed by atoms with Crippen LogP contribution in [0.4, 0.5) is 0 Å². The van der Waals surface area contributed by atoms with E-state index in [-0.39, 0.29) is 12.5 Å². The minimum absolute atomic E-state index is 0.00277. The van der Waals surface area contributed by atoms with Crippen LogP contribution in [0, 0.1) is 0 Å². The summed E-state index contributed by atoms with van der Waals surface area (Å²) in [5, 5.41) is 6.45. The fraction of sp³-hybridized carbons (Fsp3) is 0.875. The second-order valence-corrected chi connectivity index (χ2v) is 6.19. The summed E-state index contributed by atoms with van der Waals surface area (Å²) in [7, 11) is 3.48. The Balaban J connectivity index is 4.25. The quantitative estimate of drug-likeness (QED) is 0.381. The van der Waals surface area contributed by atoms with Crippen LogP contribution in [0.15, 0.2) is 4.99 Å². The molecular weight excluding hydrogens is 278 g/mol. The molecule has 2 N–H and O–H groups in total. The van der Waals surface area contributed by atoms with E-state index in [0.29, 0.717) is 18.0 Å². The molecule has 6 nitrogen and oxygen atoms in total. The number of carbonyl (C=O) groups is 1. The Hall–Kier alpha value is -1.30. The van der Waals surface area contributed by atoms with Gasteiger partial charge in [-0.25, -0.2) is 4.99 Å². The highest BCUT2D eigenvalue weighted by molar-refractivity contribution is 5.84. The molecule has 0 atom stereocenters. The number of amides is 1. The molecule has 0 bridgehead atoms. The third-order valence-electron chi connectivity index (χ3n) is 3.43. The summed E-state index contributed by atoms with van der Waals surface area (Å²) in [4.78, 5) is 19.9. The van der Waals surface area contributed by atoms with E-state index in [2.05, 4.69) is 48.2 Å². The van der Waals surface area contributed by atoms with Crippen LogP contribution >= 0.6 is 0 Å². The van der Waals surface area contributed by atoms with E-state index in [1.54, 1.807) is 19.0 Å². The maximum Gasteiger partial charge on any atom is 0.243 e. The Labute approximate surface area is 136 Å². The number of guanidine groups is 1. The van der Waals surface area contributed by atoms with Gasteiger partial charge in [0.05, 0.1) is 0 Å². The molecule has 0 aromatic carbocycles. The van der Waals surface area contributed by atoms with Gasteiger partial charge in [0.25, 0.3) is 0 Å². The number of rotatable bonds is 9. The predicted molar refractivity (Wildman–Crippen MR) is 94.3 cm³/mol. The van der Waals surface area contributed by atoms with E-state index in [1.807, 2.05) is 6.92 Å². The van der Waals surface area contributed by atoms with Gasteiger partial charge in [-0.05, 0) is 41.0 Å². The molecule has 0 aliphatic carbocycles. The van der Waals surface area contributed by atoms with Gasteiger partial charge in [0.2, 0.25) is 5.91 Å². The van der Waals surface area contributed by atoms with E-state index in [0.717, 1.165) is 26.1 Å². The Bertz CT molecular complexity index is 331. The largest absolute Gasteiger partial charge is 0.357 e. The van der Waals surface area contributed by atoms with Crippen molar-refractivity contribution in [3.63, 3.8) is 0 Å². The van der Waals surface area contributed by atoms with Gasteiger partial charge in [-0.15, -0.1) is 0 Å². The monoisotopic (exact) mass is 313 g/mol. The topological polar surface area (TPSA) is 60.0 Å². The minimum atomic E-state index is 0.00277. The number of nitrogens with zero attached hydrogens (tertiary/aromatic N) is 3. The summed E-state index contributed by atoms with van der Waals surface area (Å²) < 4.78 is 0. The number of likely N-dealkylation sites (N-methyl/N-ethyl adjacent to an activating group) is 1. The Kier molecular flexibility index (Phi) is 10.6. The van der Waals surface area contributed by atoms with E-state index in [9.17, 15) is 4.79 Å². The van der Waals surface area contributed by atoms with Crippen molar-refractivity contribution >= 4 is 11.9 Å². The average molecular weight is 313 g/mol. The highest BCUT2D eigenvalue weighted by Crippen LogP contribution is 2.05. The van der Waals surface area contributed by atoms with Gasteiger partial charge in [0, 0.05) is 45.8 Å². The van der Waals surface area contributed by atoms with Crippen molar-refractivity contribution in [1.82, 2.24) is 20.4 Å². The van der Waals surface area contributed by atoms with Crippen molar-refractivity contribution in [3.8, 4) is 0 Å². The number of carbonyl (C=O) groups excluding carboxylic acids is 1. The lowest BCUT2D eigenvalue weighted by atomic mass is 10.2. The summed E-state index contributed by atoms with van der Waals surface area (Å²) in [5.74, 6) is 0.710. The molecule has 0 radical (unpaired) electrons. The van der Waals surface area contributed by atoms with Crippen LogP contribution < -0.4 is 10.6 Å². The van der Waals surface area contributed by atoms with Gasteiger partial charge in [-0.3, -0.25) is 9.69 Å². The summed E-state index contributed by atoms with van der Waals surface area (Å²) in [5.41, 5.74) is 0. The molecule has 0 aliphatic rings. The number of nitrogens with one attached hydrogen (secondary N) is 2. The van der Waals surface area contributed by atoms with Crippen molar-refractivity contribution in [2.24, 2.45) is 4.99 Å². The second kappa shape index (κ2) is 11.3. The van der Waals surface area contributed by atoms with Crippen LogP contribution in [-0.4, -0.2) is 74.0 Å². The number of aliphatic imine (C=N–C) groups is 1. The Morgan fingerprint density at radius 1 is 1.09 bits per heavy atom. The van der Waals surface area contributed by atoms with Gasteiger partial charge in [0.15, 0.2) is 5.96 Å². The first kappa shape index (κ1) is 20.7. The van der Waals surface area contributed by atoms with Crippen molar-refractivity contribution in [1.29, 1.82) is 0 Å². The summed E-state index contributed by atoms with van der Waals surface area (Å²) in [6.07, 6.45) is 1.04. The van der Waals surface area contributed by atoms with Crippen molar-refractivity contribution in [2.45, 2.75) is 53.1 Å². The smallest absolute Gasteiger partial charge is 0.243 e. The molecular formula is C16H35N5O. The summed E-state index contributed by atoms with van der Waals surface area (Å²) in [6.45, 7) is 13.8. The number of hydrogen-bond acceptors (Lipinski definition) is 3. The lowest BCUT2D eigenvalue weighted by Crippen LogP contribution is -2.41. The molecule has 0 aliphatic heterocycles. The van der Waals surface area contributed by atoms with Gasteiger partial charge < -0.3 is 15.5 Å². The Morgan fingerprint density at radius 2 is 1.68 bits per heavy atom. The molecule has 0 unspecified atom stereocenters. The highest BCUT2D eigenvalue weighted by atomic mass is 16.2.